The number of hydrogen-bond acceptors (Lipinski definition) is 5. The van der Waals surface area contributed by atoms with Gasteiger partial charge in [0.15, 0.2) is 17.3 Å². The maximum absolute atomic E-state index is 9.75. The largest absolute Gasteiger partial charge is 0.504 e. The Morgan fingerprint density at radius 2 is 2.20 bits per heavy atom. The molecule has 0 atom stereocenters. The molecule has 0 bridgehead atoms. The van der Waals surface area contributed by atoms with Crippen LogP contribution in [0.1, 0.15) is 5.69 Å². The number of aromatic nitrogens is 2. The number of amidine groups is 1. The summed E-state index contributed by atoms with van der Waals surface area (Å²) < 4.78 is 0. The van der Waals surface area contributed by atoms with Gasteiger partial charge in [-0.3, -0.25) is 4.98 Å². The number of pyridine rings is 2. The van der Waals surface area contributed by atoms with Crippen LogP contribution < -0.4 is 5.73 Å². The average Bonchev–Trinajstić information content (AvgIpc) is 2.29. The fourth-order valence-electron chi connectivity index (χ4n) is 1.26. The predicted molar refractivity (Wildman–Crippen MR) is 53.7 cm³/mol. The quantitative estimate of drug-likeness (QED) is 0.270. The van der Waals surface area contributed by atoms with Gasteiger partial charge < -0.3 is 16.0 Å². The molecule has 0 saturated heterocycles. The molecule has 2 aromatic heterocycles. The molecule has 2 heterocycles. The Hall–Kier alpha value is -2.37. The minimum atomic E-state index is -0.250. The first-order valence-electron chi connectivity index (χ1n) is 4.14. The number of hydrogen-bond donors (Lipinski definition) is 3. The molecule has 0 aliphatic carbocycles. The van der Waals surface area contributed by atoms with E-state index in [-0.39, 0.29) is 17.3 Å². The minimum Gasteiger partial charge on any atom is -0.504 e. The van der Waals surface area contributed by atoms with Gasteiger partial charge in [0.05, 0.1) is 0 Å². The summed E-state index contributed by atoms with van der Waals surface area (Å²) in [7, 11) is 0. The molecule has 0 spiro atoms. The van der Waals surface area contributed by atoms with Gasteiger partial charge in [-0.2, -0.15) is 0 Å². The summed E-state index contributed by atoms with van der Waals surface area (Å²) in [6.45, 7) is 0. The summed E-state index contributed by atoms with van der Waals surface area (Å²) in [5, 5.41) is 21.7. The van der Waals surface area contributed by atoms with Gasteiger partial charge in [0.1, 0.15) is 5.52 Å². The highest BCUT2D eigenvalue weighted by Crippen LogP contribution is 2.24. The Balaban J connectivity index is 2.76. The van der Waals surface area contributed by atoms with E-state index in [9.17, 15) is 5.11 Å². The molecule has 2 rings (SSSR count). The number of nitrogens with zero attached hydrogens (tertiary/aromatic N) is 3. The van der Waals surface area contributed by atoms with Crippen molar-refractivity contribution in [2.24, 2.45) is 10.9 Å². The van der Waals surface area contributed by atoms with Gasteiger partial charge in [0.2, 0.25) is 0 Å². The summed E-state index contributed by atoms with van der Waals surface area (Å²) in [6, 6.07) is 3.48. The Morgan fingerprint density at radius 3 is 2.93 bits per heavy atom. The van der Waals surface area contributed by atoms with Crippen molar-refractivity contribution in [3.63, 3.8) is 0 Å². The van der Waals surface area contributed by atoms with Crippen LogP contribution in [-0.2, 0) is 0 Å². The van der Waals surface area contributed by atoms with Crippen molar-refractivity contribution in [1.29, 1.82) is 0 Å². The van der Waals surface area contributed by atoms with Crippen molar-refractivity contribution in [3.05, 3.63) is 30.2 Å². The van der Waals surface area contributed by atoms with E-state index in [2.05, 4.69) is 15.1 Å². The molecule has 0 aliphatic rings. The van der Waals surface area contributed by atoms with Gasteiger partial charge >= 0.3 is 0 Å². The third-order valence-electron chi connectivity index (χ3n) is 1.97. The first-order chi connectivity index (χ1) is 7.24. The van der Waals surface area contributed by atoms with Crippen molar-refractivity contribution in [1.82, 2.24) is 9.97 Å². The molecule has 76 valence electrons. The van der Waals surface area contributed by atoms with Gasteiger partial charge in [-0.15, -0.1) is 0 Å². The van der Waals surface area contributed by atoms with Crippen molar-refractivity contribution in [2.45, 2.75) is 0 Å². The number of aromatic hydroxyl groups is 1. The molecule has 0 aromatic carbocycles. The zero-order chi connectivity index (χ0) is 10.8. The van der Waals surface area contributed by atoms with E-state index in [1.165, 1.54) is 12.4 Å². The lowest BCUT2D eigenvalue weighted by molar-refractivity contribution is 0.318. The molecule has 0 amide bonds. The minimum absolute atomic E-state index is 0.0173. The molecule has 0 fully saturated rings. The van der Waals surface area contributed by atoms with Crippen LogP contribution in [0.15, 0.2) is 29.7 Å². The SMILES string of the molecule is NC(=NO)c1ncc2cccnc2c1O. The molecule has 6 heteroatoms. The molecule has 0 unspecified atom stereocenters. The molecular weight excluding hydrogens is 196 g/mol. The van der Waals surface area contributed by atoms with Crippen LogP contribution in [0.3, 0.4) is 0 Å². The topological polar surface area (TPSA) is 105 Å². The predicted octanol–water partition coefficient (Wildman–Crippen LogP) is 0.430. The monoisotopic (exact) mass is 204 g/mol. The van der Waals surface area contributed by atoms with Gasteiger partial charge in [0.25, 0.3) is 0 Å². The van der Waals surface area contributed by atoms with Crippen LogP contribution in [0.4, 0.5) is 0 Å². The van der Waals surface area contributed by atoms with Crippen molar-refractivity contribution < 1.29 is 10.3 Å². The van der Waals surface area contributed by atoms with Crippen LogP contribution in [0.5, 0.6) is 5.75 Å². The number of nitrogens with two attached hydrogens (primary N) is 1. The van der Waals surface area contributed by atoms with Crippen molar-refractivity contribution >= 4 is 16.7 Å². The molecule has 4 N–H and O–H groups in total. The Labute approximate surface area is 84.7 Å². The second kappa shape index (κ2) is 3.41. The van der Waals surface area contributed by atoms with Gasteiger partial charge in [0, 0.05) is 17.8 Å². The molecule has 0 radical (unpaired) electrons. The first-order valence-corrected chi connectivity index (χ1v) is 4.14. The van der Waals surface area contributed by atoms with E-state index in [0.29, 0.717) is 10.9 Å². The summed E-state index contributed by atoms with van der Waals surface area (Å²) in [4.78, 5) is 7.85. The lowest BCUT2D eigenvalue weighted by Gasteiger charge is -2.03. The van der Waals surface area contributed by atoms with Gasteiger partial charge in [-0.05, 0) is 12.1 Å². The molecule has 6 nitrogen and oxygen atoms in total. The molecular formula is C9H8N4O2. The van der Waals surface area contributed by atoms with E-state index in [1.807, 2.05) is 0 Å². The third kappa shape index (κ3) is 1.41. The third-order valence-corrected chi connectivity index (χ3v) is 1.97. The fourth-order valence-corrected chi connectivity index (χ4v) is 1.26. The maximum atomic E-state index is 9.75. The lowest BCUT2D eigenvalue weighted by atomic mass is 10.2. The Morgan fingerprint density at radius 1 is 1.40 bits per heavy atom. The van der Waals surface area contributed by atoms with Gasteiger partial charge in [-0.25, -0.2) is 4.98 Å². The number of fused-ring (bicyclic) bond motifs is 1. The summed E-state index contributed by atoms with van der Waals surface area (Å²) >= 11 is 0. The van der Waals surface area contributed by atoms with Crippen LogP contribution in [0, 0.1) is 0 Å². The van der Waals surface area contributed by atoms with E-state index in [0.717, 1.165) is 0 Å². The molecule has 15 heavy (non-hydrogen) atoms. The fraction of sp³-hybridized carbons (Fsp3) is 0. The zero-order valence-electron chi connectivity index (χ0n) is 7.62. The smallest absolute Gasteiger partial charge is 0.192 e. The lowest BCUT2D eigenvalue weighted by Crippen LogP contribution is -2.15. The van der Waals surface area contributed by atoms with Crippen LogP contribution in [0.2, 0.25) is 0 Å². The summed E-state index contributed by atoms with van der Waals surface area (Å²) in [5.74, 6) is -0.441. The summed E-state index contributed by atoms with van der Waals surface area (Å²) in [5.41, 5.74) is 5.72. The van der Waals surface area contributed by atoms with Crippen LogP contribution in [0.25, 0.3) is 10.9 Å². The van der Waals surface area contributed by atoms with Crippen LogP contribution >= 0.6 is 0 Å². The Bertz CT molecular complexity index is 539. The Kier molecular flexibility index (Phi) is 2.09. The van der Waals surface area contributed by atoms with Crippen LogP contribution in [-0.4, -0.2) is 26.1 Å². The normalized spacial score (nSPS) is 11.9. The van der Waals surface area contributed by atoms with Crippen molar-refractivity contribution in [3.8, 4) is 5.75 Å². The van der Waals surface area contributed by atoms with E-state index in [1.54, 1.807) is 12.1 Å². The van der Waals surface area contributed by atoms with E-state index < -0.39 is 0 Å². The standard InChI is InChI=1S/C9H8N4O2/c10-9(13-15)7-8(14)6-5(4-12-7)2-1-3-11-6/h1-4,14-15H,(H2,10,13). The number of oxime groups is 1. The average molecular weight is 204 g/mol. The van der Waals surface area contributed by atoms with E-state index in [4.69, 9.17) is 10.9 Å². The highest BCUT2D eigenvalue weighted by Gasteiger charge is 2.12. The molecule has 0 saturated carbocycles. The second-order valence-corrected chi connectivity index (χ2v) is 2.88. The highest BCUT2D eigenvalue weighted by atomic mass is 16.4. The zero-order valence-corrected chi connectivity index (χ0v) is 7.62. The second-order valence-electron chi connectivity index (χ2n) is 2.88. The van der Waals surface area contributed by atoms with Crippen molar-refractivity contribution in [2.75, 3.05) is 0 Å². The van der Waals surface area contributed by atoms with Gasteiger partial charge in [-0.1, -0.05) is 5.16 Å². The molecule has 2 aromatic rings. The highest BCUT2D eigenvalue weighted by molar-refractivity contribution is 6.02. The number of rotatable bonds is 1. The summed E-state index contributed by atoms with van der Waals surface area (Å²) in [6.07, 6.45) is 3.04. The maximum Gasteiger partial charge on any atom is 0.192 e. The first kappa shape index (κ1) is 9.20. The molecule has 0 aliphatic heterocycles. The van der Waals surface area contributed by atoms with E-state index >= 15 is 0 Å².